The van der Waals surface area contributed by atoms with Crippen LogP contribution in [0.3, 0.4) is 0 Å². The summed E-state index contributed by atoms with van der Waals surface area (Å²) in [5.74, 6) is 0.557. The van der Waals surface area contributed by atoms with E-state index in [1.807, 2.05) is 20.9 Å². The minimum atomic E-state index is -3.46. The van der Waals surface area contributed by atoms with Gasteiger partial charge in [-0.1, -0.05) is 0 Å². The summed E-state index contributed by atoms with van der Waals surface area (Å²) in [5.41, 5.74) is 0. The molecule has 2 heterocycles. The highest BCUT2D eigenvalue weighted by molar-refractivity contribution is 7.89. The molecule has 1 aliphatic heterocycles. The summed E-state index contributed by atoms with van der Waals surface area (Å²) in [7, 11) is 0.296. The summed E-state index contributed by atoms with van der Waals surface area (Å²) in [4.78, 5) is 6.55. The molecule has 2 atom stereocenters. The van der Waals surface area contributed by atoms with Gasteiger partial charge >= 0.3 is 0 Å². The largest absolute Gasteiger partial charge is 0.373 e. The van der Waals surface area contributed by atoms with Crippen molar-refractivity contribution in [2.45, 2.75) is 30.8 Å². The predicted molar refractivity (Wildman–Crippen MR) is 79.2 cm³/mol. The molecule has 1 N–H and O–H groups in total. The number of hydrogen-bond acceptors (Lipinski definition) is 5. The quantitative estimate of drug-likeness (QED) is 0.895. The Hall–Kier alpha value is -1.18. The van der Waals surface area contributed by atoms with Gasteiger partial charge < -0.3 is 5.32 Å². The van der Waals surface area contributed by atoms with Crippen LogP contribution < -0.4 is 5.32 Å². The van der Waals surface area contributed by atoms with E-state index in [1.54, 1.807) is 23.5 Å². The number of pyridine rings is 1. The van der Waals surface area contributed by atoms with Crippen LogP contribution in [0, 0.1) is 0 Å². The first-order chi connectivity index (χ1) is 9.36. The van der Waals surface area contributed by atoms with Crippen molar-refractivity contribution in [2.75, 3.05) is 32.5 Å². The lowest BCUT2D eigenvalue weighted by Crippen LogP contribution is -2.56. The van der Waals surface area contributed by atoms with E-state index in [0.717, 1.165) is 0 Å². The Morgan fingerprint density at radius 2 is 1.90 bits per heavy atom. The van der Waals surface area contributed by atoms with Crippen molar-refractivity contribution in [1.29, 1.82) is 0 Å². The highest BCUT2D eigenvalue weighted by Crippen LogP contribution is 2.22. The molecule has 20 heavy (non-hydrogen) atoms. The van der Waals surface area contributed by atoms with Gasteiger partial charge in [-0.2, -0.15) is 4.31 Å². The van der Waals surface area contributed by atoms with E-state index in [-0.39, 0.29) is 12.1 Å². The van der Waals surface area contributed by atoms with E-state index in [4.69, 9.17) is 0 Å². The average molecular weight is 298 g/mol. The van der Waals surface area contributed by atoms with Crippen LogP contribution in [0.5, 0.6) is 0 Å². The zero-order valence-corrected chi connectivity index (χ0v) is 13.2. The van der Waals surface area contributed by atoms with Crippen molar-refractivity contribution >= 4 is 15.8 Å². The third-order valence-corrected chi connectivity index (χ3v) is 5.78. The van der Waals surface area contributed by atoms with Crippen LogP contribution in [0.15, 0.2) is 23.2 Å². The molecule has 1 aromatic heterocycles. The highest BCUT2D eigenvalue weighted by atomic mass is 32.2. The maximum Gasteiger partial charge on any atom is 0.243 e. The molecule has 0 amide bonds. The van der Waals surface area contributed by atoms with Gasteiger partial charge in [0.1, 0.15) is 5.82 Å². The number of rotatable bonds is 3. The number of aromatic nitrogens is 1. The fourth-order valence-corrected chi connectivity index (χ4v) is 4.03. The highest BCUT2D eigenvalue weighted by Gasteiger charge is 2.34. The molecule has 0 spiro atoms. The minimum Gasteiger partial charge on any atom is -0.373 e. The molecule has 2 unspecified atom stereocenters. The fraction of sp³-hybridized carbons (Fsp3) is 0.615. The Kier molecular flexibility index (Phi) is 4.31. The van der Waals surface area contributed by atoms with Crippen LogP contribution in [0.25, 0.3) is 0 Å². The van der Waals surface area contributed by atoms with E-state index in [0.29, 0.717) is 23.8 Å². The molecule has 0 aromatic carbocycles. The van der Waals surface area contributed by atoms with Crippen LogP contribution in [0.4, 0.5) is 5.82 Å². The van der Waals surface area contributed by atoms with Crippen LogP contribution in [-0.2, 0) is 10.0 Å². The topological polar surface area (TPSA) is 65.5 Å². The molecule has 0 aliphatic carbocycles. The summed E-state index contributed by atoms with van der Waals surface area (Å²) in [6.07, 6.45) is 1.52. The van der Waals surface area contributed by atoms with Gasteiger partial charge in [-0.3, -0.25) is 4.90 Å². The molecule has 1 aliphatic rings. The zero-order chi connectivity index (χ0) is 14.9. The number of likely N-dealkylation sites (N-methyl/N-ethyl adjacent to an activating group) is 1. The number of nitrogens with zero attached hydrogens (tertiary/aromatic N) is 3. The maximum absolute atomic E-state index is 12.7. The zero-order valence-electron chi connectivity index (χ0n) is 12.4. The molecule has 7 heteroatoms. The number of piperazine rings is 1. The minimum absolute atomic E-state index is 0.208. The van der Waals surface area contributed by atoms with Gasteiger partial charge in [-0.15, -0.1) is 0 Å². The van der Waals surface area contributed by atoms with Gasteiger partial charge in [0.25, 0.3) is 0 Å². The smallest absolute Gasteiger partial charge is 0.243 e. The number of sulfonamides is 1. The van der Waals surface area contributed by atoms with E-state index in [2.05, 4.69) is 15.2 Å². The molecular formula is C13H22N4O2S. The molecule has 1 fully saturated rings. The molecule has 6 nitrogen and oxygen atoms in total. The van der Waals surface area contributed by atoms with E-state index in [1.165, 1.54) is 6.20 Å². The third-order valence-electron chi connectivity index (χ3n) is 3.95. The second kappa shape index (κ2) is 5.67. The summed E-state index contributed by atoms with van der Waals surface area (Å²) in [5, 5.41) is 2.86. The molecule has 2 rings (SSSR count). The van der Waals surface area contributed by atoms with E-state index < -0.39 is 10.0 Å². The van der Waals surface area contributed by atoms with Gasteiger partial charge in [0, 0.05) is 44.5 Å². The third kappa shape index (κ3) is 2.79. The van der Waals surface area contributed by atoms with Gasteiger partial charge in [-0.25, -0.2) is 13.4 Å². The Morgan fingerprint density at radius 1 is 1.30 bits per heavy atom. The Labute approximate surface area is 120 Å². The normalized spacial score (nSPS) is 25.6. The van der Waals surface area contributed by atoms with Crippen LogP contribution in [0.2, 0.25) is 0 Å². The summed E-state index contributed by atoms with van der Waals surface area (Å²) >= 11 is 0. The molecule has 0 bridgehead atoms. The Balaban J connectivity index is 2.30. The summed E-state index contributed by atoms with van der Waals surface area (Å²) < 4.78 is 27.0. The van der Waals surface area contributed by atoms with Gasteiger partial charge in [0.05, 0.1) is 4.90 Å². The molecular weight excluding hydrogens is 276 g/mol. The van der Waals surface area contributed by atoms with Crippen molar-refractivity contribution in [3.8, 4) is 0 Å². The van der Waals surface area contributed by atoms with Crippen molar-refractivity contribution < 1.29 is 8.42 Å². The lowest BCUT2D eigenvalue weighted by Gasteiger charge is -2.41. The van der Waals surface area contributed by atoms with Crippen LogP contribution >= 0.6 is 0 Å². The van der Waals surface area contributed by atoms with Crippen molar-refractivity contribution in [1.82, 2.24) is 14.2 Å². The molecule has 112 valence electrons. The first kappa shape index (κ1) is 15.2. The Bertz CT molecular complexity index is 563. The molecule has 0 saturated carbocycles. The SMILES string of the molecule is CNc1cc(S(=O)(=O)N2CC(C)N(C)C(C)C2)ccn1. The van der Waals surface area contributed by atoms with Crippen LogP contribution in [-0.4, -0.2) is 61.9 Å². The summed E-state index contributed by atoms with van der Waals surface area (Å²) in [6, 6.07) is 3.53. The number of anilines is 1. The lowest BCUT2D eigenvalue weighted by atomic mass is 10.1. The average Bonchev–Trinajstić information content (AvgIpc) is 2.44. The van der Waals surface area contributed by atoms with Crippen molar-refractivity contribution in [3.63, 3.8) is 0 Å². The van der Waals surface area contributed by atoms with Gasteiger partial charge in [0.15, 0.2) is 0 Å². The number of nitrogens with one attached hydrogen (secondary N) is 1. The van der Waals surface area contributed by atoms with Crippen molar-refractivity contribution in [3.05, 3.63) is 18.3 Å². The second-order valence-corrected chi connectivity index (χ2v) is 7.25. The number of hydrogen-bond donors (Lipinski definition) is 1. The monoisotopic (exact) mass is 298 g/mol. The second-order valence-electron chi connectivity index (χ2n) is 5.31. The van der Waals surface area contributed by atoms with Crippen molar-refractivity contribution in [2.24, 2.45) is 0 Å². The fourth-order valence-electron chi connectivity index (χ4n) is 2.41. The van der Waals surface area contributed by atoms with Gasteiger partial charge in [-0.05, 0) is 27.0 Å². The first-order valence-electron chi connectivity index (χ1n) is 6.72. The first-order valence-corrected chi connectivity index (χ1v) is 8.16. The van der Waals surface area contributed by atoms with E-state index >= 15 is 0 Å². The molecule has 0 radical (unpaired) electrons. The standard InChI is InChI=1S/C13H22N4O2S/c1-10-8-17(9-11(2)16(10)4)20(18,19)12-5-6-15-13(7-12)14-3/h5-7,10-11H,8-9H2,1-4H3,(H,14,15). The summed E-state index contributed by atoms with van der Waals surface area (Å²) in [6.45, 7) is 5.12. The van der Waals surface area contributed by atoms with E-state index in [9.17, 15) is 8.42 Å². The molecule has 1 aromatic rings. The lowest BCUT2D eigenvalue weighted by molar-refractivity contribution is 0.105. The molecule has 1 saturated heterocycles. The Morgan fingerprint density at radius 3 is 2.45 bits per heavy atom. The van der Waals surface area contributed by atoms with Crippen LogP contribution in [0.1, 0.15) is 13.8 Å². The predicted octanol–water partition coefficient (Wildman–Crippen LogP) is 0.836. The maximum atomic E-state index is 12.7. The van der Waals surface area contributed by atoms with Gasteiger partial charge in [0.2, 0.25) is 10.0 Å².